The van der Waals surface area contributed by atoms with Crippen LogP contribution in [-0.4, -0.2) is 51.9 Å². The summed E-state index contributed by atoms with van der Waals surface area (Å²) in [5, 5.41) is 23.0. The SMILES string of the molecule is COC(=O)c1c(C(=O)O)cn(CCc2ccc([N+](=O)[O-])cc2)c1CCNC(=O)OC(C)(C)C. The molecular weight excluding hydrogens is 434 g/mol. The Labute approximate surface area is 190 Å². The van der Waals surface area contributed by atoms with Crippen LogP contribution >= 0.6 is 0 Å². The average molecular weight is 461 g/mol. The number of aromatic carboxylic acids is 1. The molecule has 0 spiro atoms. The Morgan fingerprint density at radius 3 is 2.30 bits per heavy atom. The van der Waals surface area contributed by atoms with Gasteiger partial charge in [0, 0.05) is 43.5 Å². The van der Waals surface area contributed by atoms with Crippen LogP contribution in [0.1, 0.15) is 52.7 Å². The number of non-ortho nitro benzene ring substituents is 1. The lowest BCUT2D eigenvalue weighted by Gasteiger charge is -2.20. The summed E-state index contributed by atoms with van der Waals surface area (Å²) in [5.74, 6) is -2.08. The molecule has 2 rings (SSSR count). The van der Waals surface area contributed by atoms with Crippen LogP contribution in [0.5, 0.6) is 0 Å². The minimum atomic E-state index is -1.29. The lowest BCUT2D eigenvalue weighted by molar-refractivity contribution is -0.384. The number of rotatable bonds is 9. The van der Waals surface area contributed by atoms with Gasteiger partial charge in [-0.25, -0.2) is 14.4 Å². The first kappa shape index (κ1) is 25.4. The summed E-state index contributed by atoms with van der Waals surface area (Å²) < 4.78 is 11.6. The Kier molecular flexibility index (Phi) is 8.16. The summed E-state index contributed by atoms with van der Waals surface area (Å²) in [7, 11) is 1.16. The summed E-state index contributed by atoms with van der Waals surface area (Å²) in [6.07, 6.45) is 1.29. The molecule has 0 atom stereocenters. The van der Waals surface area contributed by atoms with Crippen molar-refractivity contribution in [3.8, 4) is 0 Å². The van der Waals surface area contributed by atoms with E-state index in [2.05, 4.69) is 5.32 Å². The first-order valence-electron chi connectivity index (χ1n) is 10.2. The number of methoxy groups -OCH3 is 1. The maximum absolute atomic E-state index is 12.4. The van der Waals surface area contributed by atoms with Crippen molar-refractivity contribution in [2.45, 2.75) is 45.8 Å². The van der Waals surface area contributed by atoms with E-state index in [9.17, 15) is 29.6 Å². The van der Waals surface area contributed by atoms with Crippen molar-refractivity contribution < 1.29 is 33.9 Å². The normalized spacial score (nSPS) is 11.0. The van der Waals surface area contributed by atoms with Crippen molar-refractivity contribution in [3.63, 3.8) is 0 Å². The standard InChI is InChI=1S/C22H27N3O8/c1-22(2,3)33-21(29)23-11-9-17-18(20(28)32-4)16(19(26)27)13-24(17)12-10-14-5-7-15(8-6-14)25(30)31/h5-8,13H,9-12H2,1-4H3,(H,23,29)(H,26,27). The highest BCUT2D eigenvalue weighted by atomic mass is 16.6. The van der Waals surface area contributed by atoms with Crippen LogP contribution < -0.4 is 5.32 Å². The fourth-order valence-corrected chi connectivity index (χ4v) is 3.19. The molecule has 1 aromatic heterocycles. The lowest BCUT2D eigenvalue weighted by atomic mass is 10.1. The van der Waals surface area contributed by atoms with Crippen LogP contribution in [0.4, 0.5) is 10.5 Å². The zero-order valence-electron chi connectivity index (χ0n) is 18.9. The molecule has 0 bridgehead atoms. The van der Waals surface area contributed by atoms with Gasteiger partial charge in [-0.3, -0.25) is 10.1 Å². The molecule has 2 N–H and O–H groups in total. The third-order valence-electron chi connectivity index (χ3n) is 4.63. The van der Waals surface area contributed by atoms with Gasteiger partial charge in [0.15, 0.2) is 0 Å². The van der Waals surface area contributed by atoms with Crippen molar-refractivity contribution in [1.82, 2.24) is 9.88 Å². The third-order valence-corrected chi connectivity index (χ3v) is 4.63. The monoisotopic (exact) mass is 461 g/mol. The summed E-state index contributed by atoms with van der Waals surface area (Å²) in [4.78, 5) is 46.4. The topological polar surface area (TPSA) is 150 Å². The number of nitrogens with one attached hydrogen (secondary N) is 1. The molecule has 0 radical (unpaired) electrons. The van der Waals surface area contributed by atoms with Gasteiger partial charge in [-0.1, -0.05) is 12.1 Å². The van der Waals surface area contributed by atoms with Gasteiger partial charge in [0.1, 0.15) is 5.60 Å². The van der Waals surface area contributed by atoms with Crippen LogP contribution in [0, 0.1) is 10.1 Å². The van der Waals surface area contributed by atoms with Crippen LogP contribution in [-0.2, 0) is 28.9 Å². The molecule has 0 saturated heterocycles. The highest BCUT2D eigenvalue weighted by molar-refractivity contribution is 6.03. The second-order valence-corrected chi connectivity index (χ2v) is 8.21. The Hall–Kier alpha value is -3.89. The fourth-order valence-electron chi connectivity index (χ4n) is 3.19. The first-order chi connectivity index (χ1) is 15.4. The Morgan fingerprint density at radius 2 is 1.79 bits per heavy atom. The molecule has 11 nitrogen and oxygen atoms in total. The molecule has 1 amide bonds. The van der Waals surface area contributed by atoms with Gasteiger partial charge in [0.05, 0.1) is 23.2 Å². The molecule has 0 aliphatic heterocycles. The fraction of sp³-hybridized carbons (Fsp3) is 0.409. The summed E-state index contributed by atoms with van der Waals surface area (Å²) in [5.41, 5.74) is 0.177. The molecule has 0 fully saturated rings. The number of benzene rings is 1. The number of ether oxygens (including phenoxy) is 2. The number of nitro groups is 1. The number of hydrogen-bond acceptors (Lipinski definition) is 7. The maximum Gasteiger partial charge on any atom is 0.407 e. The van der Waals surface area contributed by atoms with E-state index in [1.807, 2.05) is 0 Å². The number of aromatic nitrogens is 1. The molecule has 1 aromatic carbocycles. The van der Waals surface area contributed by atoms with Crippen molar-refractivity contribution in [3.05, 3.63) is 63.0 Å². The quantitative estimate of drug-likeness (QED) is 0.328. The Morgan fingerprint density at radius 1 is 1.15 bits per heavy atom. The highest BCUT2D eigenvalue weighted by Crippen LogP contribution is 2.21. The molecule has 0 unspecified atom stereocenters. The average Bonchev–Trinajstić information content (AvgIpc) is 3.09. The number of carbonyl (C=O) groups is 3. The summed E-state index contributed by atoms with van der Waals surface area (Å²) in [6.45, 7) is 5.58. The van der Waals surface area contributed by atoms with E-state index in [0.29, 0.717) is 18.7 Å². The van der Waals surface area contributed by atoms with Crippen LogP contribution in [0.15, 0.2) is 30.5 Å². The van der Waals surface area contributed by atoms with Crippen molar-refractivity contribution >= 4 is 23.7 Å². The van der Waals surface area contributed by atoms with E-state index in [1.54, 1.807) is 37.5 Å². The second kappa shape index (κ2) is 10.6. The highest BCUT2D eigenvalue weighted by Gasteiger charge is 2.26. The Bertz CT molecular complexity index is 1040. The third kappa shape index (κ3) is 7.06. The molecule has 2 aromatic rings. The number of nitro benzene ring substituents is 1. The summed E-state index contributed by atoms with van der Waals surface area (Å²) >= 11 is 0. The van der Waals surface area contributed by atoms with E-state index < -0.39 is 28.6 Å². The molecule has 0 aliphatic rings. The van der Waals surface area contributed by atoms with Crippen molar-refractivity contribution in [2.24, 2.45) is 0 Å². The number of carboxylic acid groups (broad SMARTS) is 1. The number of nitrogens with zero attached hydrogens (tertiary/aromatic N) is 2. The zero-order chi connectivity index (χ0) is 24.8. The van der Waals surface area contributed by atoms with Gasteiger partial charge in [-0.2, -0.15) is 0 Å². The van der Waals surface area contributed by atoms with Crippen molar-refractivity contribution in [1.29, 1.82) is 0 Å². The molecular formula is C22H27N3O8. The number of esters is 1. The van der Waals surface area contributed by atoms with Gasteiger partial charge in [0.2, 0.25) is 0 Å². The number of aryl methyl sites for hydroxylation is 2. The minimum Gasteiger partial charge on any atom is -0.478 e. The lowest BCUT2D eigenvalue weighted by Crippen LogP contribution is -2.34. The van der Waals surface area contributed by atoms with Gasteiger partial charge in [-0.05, 0) is 32.8 Å². The first-order valence-corrected chi connectivity index (χ1v) is 10.2. The maximum atomic E-state index is 12.4. The molecule has 0 saturated carbocycles. The van der Waals surface area contributed by atoms with Crippen LogP contribution in [0.3, 0.4) is 0 Å². The Balaban J connectivity index is 2.26. The number of hydrogen-bond donors (Lipinski definition) is 2. The number of amides is 1. The predicted octanol–water partition coefficient (Wildman–Crippen LogP) is 3.19. The second-order valence-electron chi connectivity index (χ2n) is 8.21. The number of carbonyl (C=O) groups excluding carboxylic acids is 2. The molecule has 178 valence electrons. The van der Waals surface area contributed by atoms with E-state index in [0.717, 1.165) is 12.7 Å². The van der Waals surface area contributed by atoms with Gasteiger partial charge in [0.25, 0.3) is 5.69 Å². The molecule has 33 heavy (non-hydrogen) atoms. The smallest absolute Gasteiger partial charge is 0.407 e. The number of alkyl carbamates (subject to hydrolysis) is 1. The number of carboxylic acids is 1. The van der Waals surface area contributed by atoms with E-state index in [1.165, 1.54) is 18.3 Å². The molecule has 1 heterocycles. The summed E-state index contributed by atoms with van der Waals surface area (Å²) in [6, 6.07) is 6.01. The van der Waals surface area contributed by atoms with Crippen LogP contribution in [0.25, 0.3) is 0 Å². The largest absolute Gasteiger partial charge is 0.478 e. The van der Waals surface area contributed by atoms with E-state index >= 15 is 0 Å². The van der Waals surface area contributed by atoms with E-state index in [4.69, 9.17) is 9.47 Å². The predicted molar refractivity (Wildman–Crippen MR) is 117 cm³/mol. The molecule has 11 heteroatoms. The van der Waals surface area contributed by atoms with Gasteiger partial charge >= 0.3 is 18.0 Å². The van der Waals surface area contributed by atoms with Gasteiger partial charge < -0.3 is 24.5 Å². The zero-order valence-corrected chi connectivity index (χ0v) is 18.9. The molecule has 0 aliphatic carbocycles. The minimum absolute atomic E-state index is 0.0326. The van der Waals surface area contributed by atoms with E-state index in [-0.39, 0.29) is 29.8 Å². The van der Waals surface area contributed by atoms with Crippen molar-refractivity contribution in [2.75, 3.05) is 13.7 Å². The van der Waals surface area contributed by atoms with Gasteiger partial charge in [-0.15, -0.1) is 0 Å². The van der Waals surface area contributed by atoms with Crippen LogP contribution in [0.2, 0.25) is 0 Å².